The second kappa shape index (κ2) is 6.27. The number of carbonyl (C=O) groups excluding carboxylic acids is 1. The number of primary amides is 1. The molecule has 0 fully saturated rings. The lowest BCUT2D eigenvalue weighted by atomic mass is 10.0. The summed E-state index contributed by atoms with van der Waals surface area (Å²) in [6, 6.07) is 6.73. The Morgan fingerprint density at radius 3 is 2.50 bits per heavy atom. The third-order valence-electron chi connectivity index (χ3n) is 3.00. The molecule has 0 aliphatic rings. The van der Waals surface area contributed by atoms with E-state index in [0.29, 0.717) is 0 Å². The minimum absolute atomic E-state index is 0.0238. The number of carbonyl (C=O) groups is 1. The van der Waals surface area contributed by atoms with E-state index < -0.39 is 17.5 Å². The molecule has 0 aromatic heterocycles. The van der Waals surface area contributed by atoms with Crippen molar-refractivity contribution in [3.8, 4) is 11.8 Å². The SMILES string of the molecule is CC#Cc1cc(F)cc(Nc2ccc(C)cc2F)c1C(N)=O. The summed E-state index contributed by atoms with van der Waals surface area (Å²) < 4.78 is 27.6. The maximum absolute atomic E-state index is 13.9. The fraction of sp³-hybridized carbons (Fsp3) is 0.118. The second-order valence-corrected chi connectivity index (χ2v) is 4.72. The van der Waals surface area contributed by atoms with E-state index in [0.717, 1.165) is 17.7 Å². The van der Waals surface area contributed by atoms with Crippen LogP contribution in [-0.4, -0.2) is 5.91 Å². The first-order valence-electron chi connectivity index (χ1n) is 6.51. The van der Waals surface area contributed by atoms with Crippen LogP contribution < -0.4 is 11.1 Å². The first kappa shape index (κ1) is 15.5. The molecule has 2 aromatic rings. The van der Waals surface area contributed by atoms with Gasteiger partial charge in [-0.05, 0) is 43.7 Å². The normalized spacial score (nSPS) is 9.82. The summed E-state index contributed by atoms with van der Waals surface area (Å²) in [7, 11) is 0. The van der Waals surface area contributed by atoms with Crippen molar-refractivity contribution >= 4 is 17.3 Å². The zero-order valence-corrected chi connectivity index (χ0v) is 12.1. The molecule has 0 unspecified atom stereocenters. The molecular formula is C17H14F2N2O. The zero-order valence-electron chi connectivity index (χ0n) is 12.1. The Morgan fingerprint density at radius 2 is 1.91 bits per heavy atom. The molecule has 0 aliphatic carbocycles. The number of anilines is 2. The molecule has 0 bridgehead atoms. The van der Waals surface area contributed by atoms with E-state index in [9.17, 15) is 13.6 Å². The Hall–Kier alpha value is -2.87. The van der Waals surface area contributed by atoms with Crippen molar-refractivity contribution in [2.24, 2.45) is 5.73 Å². The number of amides is 1. The predicted octanol–water partition coefficient (Wildman–Crippen LogP) is 3.49. The highest BCUT2D eigenvalue weighted by Crippen LogP contribution is 2.27. The Labute approximate surface area is 127 Å². The highest BCUT2D eigenvalue weighted by molar-refractivity contribution is 6.01. The molecule has 2 aromatic carbocycles. The molecule has 0 saturated carbocycles. The number of aryl methyl sites for hydroxylation is 1. The molecular weight excluding hydrogens is 286 g/mol. The second-order valence-electron chi connectivity index (χ2n) is 4.72. The Kier molecular flexibility index (Phi) is 4.42. The molecule has 1 amide bonds. The van der Waals surface area contributed by atoms with Gasteiger partial charge in [0.1, 0.15) is 11.6 Å². The Morgan fingerprint density at radius 1 is 1.18 bits per heavy atom. The Bertz CT molecular complexity index is 804. The van der Waals surface area contributed by atoms with Crippen LogP contribution in [0.2, 0.25) is 0 Å². The van der Waals surface area contributed by atoms with Gasteiger partial charge in [0.25, 0.3) is 5.91 Å². The minimum atomic E-state index is -0.771. The van der Waals surface area contributed by atoms with Crippen LogP contribution in [0.4, 0.5) is 20.2 Å². The van der Waals surface area contributed by atoms with Gasteiger partial charge in [-0.2, -0.15) is 0 Å². The van der Waals surface area contributed by atoms with Crippen molar-refractivity contribution in [3.05, 3.63) is 58.7 Å². The predicted molar refractivity (Wildman–Crippen MR) is 81.9 cm³/mol. The monoisotopic (exact) mass is 300 g/mol. The van der Waals surface area contributed by atoms with E-state index in [1.165, 1.54) is 12.1 Å². The van der Waals surface area contributed by atoms with Gasteiger partial charge >= 0.3 is 0 Å². The number of nitrogens with two attached hydrogens (primary N) is 1. The van der Waals surface area contributed by atoms with E-state index in [4.69, 9.17) is 5.73 Å². The summed E-state index contributed by atoms with van der Waals surface area (Å²) in [5, 5.41) is 2.71. The highest BCUT2D eigenvalue weighted by Gasteiger charge is 2.16. The van der Waals surface area contributed by atoms with Gasteiger partial charge in [0.05, 0.1) is 16.9 Å². The van der Waals surface area contributed by atoms with Gasteiger partial charge in [0.2, 0.25) is 0 Å². The molecule has 0 radical (unpaired) electrons. The van der Waals surface area contributed by atoms with Gasteiger partial charge in [-0.25, -0.2) is 8.78 Å². The highest BCUT2D eigenvalue weighted by atomic mass is 19.1. The summed E-state index contributed by atoms with van der Waals surface area (Å²) in [6.07, 6.45) is 0. The smallest absolute Gasteiger partial charge is 0.252 e. The number of hydrogen-bond acceptors (Lipinski definition) is 2. The van der Waals surface area contributed by atoms with Gasteiger partial charge in [0, 0.05) is 5.56 Å². The van der Waals surface area contributed by atoms with E-state index in [-0.39, 0.29) is 22.5 Å². The third kappa shape index (κ3) is 3.23. The number of hydrogen-bond donors (Lipinski definition) is 2. The average Bonchev–Trinajstić information content (AvgIpc) is 2.41. The van der Waals surface area contributed by atoms with Gasteiger partial charge in [-0.3, -0.25) is 4.79 Å². The standard InChI is InChI=1S/C17H14F2N2O/c1-3-4-11-8-12(18)9-15(16(11)17(20)22)21-14-6-5-10(2)7-13(14)19/h5-9,21H,1-2H3,(H2,20,22). The molecule has 0 atom stereocenters. The molecule has 0 saturated heterocycles. The summed E-state index contributed by atoms with van der Waals surface area (Å²) in [5.41, 5.74) is 6.47. The minimum Gasteiger partial charge on any atom is -0.365 e. The van der Waals surface area contributed by atoms with E-state index >= 15 is 0 Å². The molecule has 112 valence electrons. The third-order valence-corrected chi connectivity index (χ3v) is 3.00. The first-order chi connectivity index (χ1) is 10.4. The molecule has 0 aliphatic heterocycles. The van der Waals surface area contributed by atoms with Crippen molar-refractivity contribution < 1.29 is 13.6 Å². The van der Waals surface area contributed by atoms with E-state index in [1.807, 2.05) is 0 Å². The van der Waals surface area contributed by atoms with Crippen LogP contribution >= 0.6 is 0 Å². The molecule has 5 heteroatoms. The number of nitrogens with one attached hydrogen (secondary N) is 1. The van der Waals surface area contributed by atoms with Gasteiger partial charge in [-0.1, -0.05) is 12.0 Å². The van der Waals surface area contributed by atoms with Gasteiger partial charge in [0.15, 0.2) is 0 Å². The molecule has 2 rings (SSSR count). The van der Waals surface area contributed by atoms with Crippen molar-refractivity contribution in [3.63, 3.8) is 0 Å². The molecule has 0 heterocycles. The van der Waals surface area contributed by atoms with Crippen molar-refractivity contribution in [2.75, 3.05) is 5.32 Å². The maximum Gasteiger partial charge on any atom is 0.252 e. The summed E-state index contributed by atoms with van der Waals surface area (Å²) in [5.74, 6) is 3.33. The topological polar surface area (TPSA) is 55.1 Å². The number of benzene rings is 2. The summed E-state index contributed by atoms with van der Waals surface area (Å²) >= 11 is 0. The van der Waals surface area contributed by atoms with Crippen LogP contribution in [-0.2, 0) is 0 Å². The quantitative estimate of drug-likeness (QED) is 0.853. The fourth-order valence-electron chi connectivity index (χ4n) is 2.07. The summed E-state index contributed by atoms with van der Waals surface area (Å²) in [4.78, 5) is 11.7. The lowest BCUT2D eigenvalue weighted by molar-refractivity contribution is 0.100. The van der Waals surface area contributed by atoms with Crippen molar-refractivity contribution in [2.45, 2.75) is 13.8 Å². The zero-order chi connectivity index (χ0) is 16.3. The van der Waals surface area contributed by atoms with Crippen LogP contribution in [0.25, 0.3) is 0 Å². The Balaban J connectivity index is 2.58. The molecule has 3 N–H and O–H groups in total. The molecule has 0 spiro atoms. The first-order valence-corrected chi connectivity index (χ1v) is 6.51. The maximum atomic E-state index is 13.9. The van der Waals surface area contributed by atoms with Crippen LogP contribution in [0.5, 0.6) is 0 Å². The lowest BCUT2D eigenvalue weighted by Crippen LogP contribution is -2.16. The summed E-state index contributed by atoms with van der Waals surface area (Å²) in [6.45, 7) is 3.31. The number of halogens is 2. The largest absolute Gasteiger partial charge is 0.365 e. The van der Waals surface area contributed by atoms with E-state index in [1.54, 1.807) is 19.9 Å². The van der Waals surface area contributed by atoms with Gasteiger partial charge in [-0.15, -0.1) is 5.92 Å². The van der Waals surface area contributed by atoms with Crippen molar-refractivity contribution in [1.82, 2.24) is 0 Å². The number of rotatable bonds is 3. The average molecular weight is 300 g/mol. The van der Waals surface area contributed by atoms with Crippen LogP contribution in [0.15, 0.2) is 30.3 Å². The molecule has 22 heavy (non-hydrogen) atoms. The van der Waals surface area contributed by atoms with Crippen LogP contribution in [0.3, 0.4) is 0 Å². The molecule has 3 nitrogen and oxygen atoms in total. The van der Waals surface area contributed by atoms with Gasteiger partial charge < -0.3 is 11.1 Å². The van der Waals surface area contributed by atoms with Crippen LogP contribution in [0, 0.1) is 30.4 Å². The van der Waals surface area contributed by atoms with Crippen molar-refractivity contribution in [1.29, 1.82) is 0 Å². The van der Waals surface area contributed by atoms with Crippen LogP contribution in [0.1, 0.15) is 28.4 Å². The van der Waals surface area contributed by atoms with E-state index in [2.05, 4.69) is 17.2 Å². The lowest BCUT2D eigenvalue weighted by Gasteiger charge is -2.13. The fourth-order valence-corrected chi connectivity index (χ4v) is 2.07.